The maximum Gasteiger partial charge on any atom is 0.358 e. The van der Waals surface area contributed by atoms with Crippen molar-refractivity contribution in [2.45, 2.75) is 31.7 Å². The number of nitrogens with zero attached hydrogens (tertiary/aromatic N) is 2. The van der Waals surface area contributed by atoms with Crippen LogP contribution in [-0.2, 0) is 11.2 Å². The third kappa shape index (κ3) is 2.71. The molecule has 112 valence electrons. The Hall–Kier alpha value is -2.08. The third-order valence-corrected chi connectivity index (χ3v) is 3.92. The SMILES string of the molecule is COC(=O)c1nc(CC2CCCCN2)n2ccc(O)cc12. The molecule has 6 nitrogen and oxygen atoms in total. The van der Waals surface area contributed by atoms with Crippen molar-refractivity contribution in [1.29, 1.82) is 0 Å². The highest BCUT2D eigenvalue weighted by atomic mass is 16.5. The smallest absolute Gasteiger partial charge is 0.358 e. The van der Waals surface area contributed by atoms with Crippen molar-refractivity contribution in [2.75, 3.05) is 13.7 Å². The second-order valence-electron chi connectivity index (χ2n) is 5.36. The van der Waals surface area contributed by atoms with E-state index in [2.05, 4.69) is 10.3 Å². The molecular weight excluding hydrogens is 270 g/mol. The highest BCUT2D eigenvalue weighted by molar-refractivity contribution is 5.95. The largest absolute Gasteiger partial charge is 0.508 e. The van der Waals surface area contributed by atoms with E-state index in [4.69, 9.17) is 4.74 Å². The Morgan fingerprint density at radius 2 is 2.43 bits per heavy atom. The topological polar surface area (TPSA) is 75.9 Å². The minimum Gasteiger partial charge on any atom is -0.508 e. The second-order valence-corrected chi connectivity index (χ2v) is 5.36. The minimum absolute atomic E-state index is 0.106. The molecule has 6 heteroatoms. The lowest BCUT2D eigenvalue weighted by molar-refractivity contribution is 0.0596. The number of hydrogen-bond donors (Lipinski definition) is 2. The lowest BCUT2D eigenvalue weighted by Gasteiger charge is -2.22. The number of hydrogen-bond acceptors (Lipinski definition) is 5. The van der Waals surface area contributed by atoms with Gasteiger partial charge in [0.1, 0.15) is 11.6 Å². The molecule has 0 saturated carbocycles. The number of piperidine rings is 1. The summed E-state index contributed by atoms with van der Waals surface area (Å²) < 4.78 is 6.62. The quantitative estimate of drug-likeness (QED) is 0.838. The predicted octanol–water partition coefficient (Wildman–Crippen LogP) is 1.51. The Bertz CT molecular complexity index is 659. The second kappa shape index (κ2) is 5.73. The molecule has 2 aromatic rings. The fourth-order valence-electron chi connectivity index (χ4n) is 2.85. The molecule has 3 rings (SSSR count). The maximum absolute atomic E-state index is 11.8. The highest BCUT2D eigenvalue weighted by Gasteiger charge is 2.21. The van der Waals surface area contributed by atoms with E-state index in [1.807, 2.05) is 4.40 Å². The summed E-state index contributed by atoms with van der Waals surface area (Å²) in [6.45, 7) is 1.03. The van der Waals surface area contributed by atoms with E-state index >= 15 is 0 Å². The molecule has 0 aromatic carbocycles. The van der Waals surface area contributed by atoms with Gasteiger partial charge in [0, 0.05) is 24.7 Å². The van der Waals surface area contributed by atoms with Gasteiger partial charge in [-0.3, -0.25) is 0 Å². The van der Waals surface area contributed by atoms with E-state index in [-0.39, 0.29) is 11.4 Å². The normalized spacial score (nSPS) is 18.8. The molecule has 2 N–H and O–H groups in total. The van der Waals surface area contributed by atoms with Crippen LogP contribution in [0.1, 0.15) is 35.6 Å². The molecule has 3 heterocycles. The Kier molecular flexibility index (Phi) is 3.79. The number of nitrogens with one attached hydrogen (secondary N) is 1. The van der Waals surface area contributed by atoms with Gasteiger partial charge in [-0.25, -0.2) is 9.78 Å². The van der Waals surface area contributed by atoms with Crippen molar-refractivity contribution in [1.82, 2.24) is 14.7 Å². The number of ether oxygens (including phenoxy) is 1. The van der Waals surface area contributed by atoms with Gasteiger partial charge in [-0.1, -0.05) is 6.42 Å². The highest BCUT2D eigenvalue weighted by Crippen LogP contribution is 2.21. The van der Waals surface area contributed by atoms with Gasteiger partial charge >= 0.3 is 5.97 Å². The van der Waals surface area contributed by atoms with Crippen LogP contribution in [0.3, 0.4) is 0 Å². The summed E-state index contributed by atoms with van der Waals surface area (Å²) in [6.07, 6.45) is 6.03. The molecule has 1 aliphatic heterocycles. The molecule has 1 fully saturated rings. The van der Waals surface area contributed by atoms with Crippen molar-refractivity contribution < 1.29 is 14.6 Å². The van der Waals surface area contributed by atoms with Crippen molar-refractivity contribution in [3.05, 3.63) is 29.8 Å². The standard InChI is InChI=1S/C15H19N3O3/c1-21-15(20)14-12-9-11(19)5-7-18(12)13(17-14)8-10-4-2-3-6-16-10/h5,7,9-10,16,19H,2-4,6,8H2,1H3. The Morgan fingerprint density at radius 3 is 3.14 bits per heavy atom. The molecule has 0 aliphatic carbocycles. The van der Waals surface area contributed by atoms with Crippen LogP contribution in [0.15, 0.2) is 18.3 Å². The van der Waals surface area contributed by atoms with Crippen LogP contribution in [0.25, 0.3) is 5.52 Å². The van der Waals surface area contributed by atoms with Crippen LogP contribution in [0.5, 0.6) is 5.75 Å². The zero-order valence-corrected chi connectivity index (χ0v) is 12.0. The maximum atomic E-state index is 11.8. The Balaban J connectivity index is 1.99. The molecule has 21 heavy (non-hydrogen) atoms. The first-order valence-corrected chi connectivity index (χ1v) is 7.20. The van der Waals surface area contributed by atoms with Crippen LogP contribution >= 0.6 is 0 Å². The molecule has 1 unspecified atom stereocenters. The molecule has 0 amide bonds. The zero-order valence-electron chi connectivity index (χ0n) is 12.0. The summed E-state index contributed by atoms with van der Waals surface area (Å²) in [4.78, 5) is 16.3. The molecule has 1 atom stereocenters. The summed E-state index contributed by atoms with van der Waals surface area (Å²) >= 11 is 0. The van der Waals surface area contributed by atoms with Gasteiger partial charge in [0.15, 0.2) is 5.69 Å². The first-order chi connectivity index (χ1) is 10.2. The number of imidazole rings is 1. The average molecular weight is 289 g/mol. The molecule has 0 radical (unpaired) electrons. The third-order valence-electron chi connectivity index (χ3n) is 3.92. The number of methoxy groups -OCH3 is 1. The molecule has 1 aliphatic rings. The lowest BCUT2D eigenvalue weighted by Crippen LogP contribution is -2.36. The van der Waals surface area contributed by atoms with Crippen molar-refractivity contribution in [2.24, 2.45) is 0 Å². The summed E-state index contributed by atoms with van der Waals surface area (Å²) in [5.41, 5.74) is 0.826. The number of carbonyl (C=O) groups is 1. The number of fused-ring (bicyclic) bond motifs is 1. The summed E-state index contributed by atoms with van der Waals surface area (Å²) in [5.74, 6) is 0.431. The monoisotopic (exact) mass is 289 g/mol. The Morgan fingerprint density at radius 1 is 1.57 bits per heavy atom. The summed E-state index contributed by atoms with van der Waals surface area (Å²) in [5, 5.41) is 13.1. The fraction of sp³-hybridized carbons (Fsp3) is 0.467. The average Bonchev–Trinajstić information content (AvgIpc) is 2.85. The number of aromatic hydroxyl groups is 1. The predicted molar refractivity (Wildman–Crippen MR) is 77.5 cm³/mol. The van der Waals surface area contributed by atoms with Crippen molar-refractivity contribution in [3.8, 4) is 5.75 Å². The van der Waals surface area contributed by atoms with Gasteiger partial charge in [-0.2, -0.15) is 0 Å². The summed E-state index contributed by atoms with van der Waals surface area (Å²) in [7, 11) is 1.33. The number of esters is 1. The Labute approximate surface area is 122 Å². The van der Waals surface area contributed by atoms with Gasteiger partial charge < -0.3 is 19.6 Å². The molecule has 0 bridgehead atoms. The van der Waals surface area contributed by atoms with Gasteiger partial charge in [0.05, 0.1) is 12.6 Å². The molecular formula is C15H19N3O3. The van der Waals surface area contributed by atoms with Gasteiger partial charge in [-0.15, -0.1) is 0 Å². The lowest BCUT2D eigenvalue weighted by atomic mass is 10.0. The number of carbonyl (C=O) groups excluding carboxylic acids is 1. The fourth-order valence-corrected chi connectivity index (χ4v) is 2.85. The number of aromatic nitrogens is 2. The molecule has 1 saturated heterocycles. The minimum atomic E-state index is -0.485. The first-order valence-electron chi connectivity index (χ1n) is 7.20. The molecule has 0 spiro atoms. The van der Waals surface area contributed by atoms with Crippen LogP contribution in [0.4, 0.5) is 0 Å². The van der Waals surface area contributed by atoms with Gasteiger partial charge in [0.25, 0.3) is 0 Å². The van der Waals surface area contributed by atoms with Gasteiger partial charge in [-0.05, 0) is 25.5 Å². The van der Waals surface area contributed by atoms with E-state index in [1.54, 1.807) is 12.3 Å². The van der Waals surface area contributed by atoms with Crippen molar-refractivity contribution in [3.63, 3.8) is 0 Å². The van der Waals surface area contributed by atoms with E-state index in [1.165, 1.54) is 26.0 Å². The van der Waals surface area contributed by atoms with Gasteiger partial charge in [0.2, 0.25) is 0 Å². The number of pyridine rings is 1. The van der Waals surface area contributed by atoms with E-state index in [9.17, 15) is 9.90 Å². The zero-order chi connectivity index (χ0) is 14.8. The molecule has 2 aromatic heterocycles. The van der Waals surface area contributed by atoms with Crippen LogP contribution in [-0.4, -0.2) is 40.2 Å². The van der Waals surface area contributed by atoms with E-state index in [0.29, 0.717) is 11.6 Å². The first kappa shape index (κ1) is 13.9. The number of rotatable bonds is 3. The summed E-state index contributed by atoms with van der Waals surface area (Å²) in [6, 6.07) is 3.51. The van der Waals surface area contributed by atoms with Crippen LogP contribution in [0, 0.1) is 0 Å². The van der Waals surface area contributed by atoms with Crippen LogP contribution < -0.4 is 5.32 Å². The van der Waals surface area contributed by atoms with E-state index < -0.39 is 5.97 Å². The van der Waals surface area contributed by atoms with E-state index in [0.717, 1.165) is 25.2 Å². The van der Waals surface area contributed by atoms with Crippen LogP contribution in [0.2, 0.25) is 0 Å². The van der Waals surface area contributed by atoms with Crippen molar-refractivity contribution >= 4 is 11.5 Å².